The van der Waals surface area contributed by atoms with Crippen LogP contribution in [0.4, 0.5) is 0 Å². The van der Waals surface area contributed by atoms with Crippen LogP contribution in [0, 0.1) is 11.3 Å². The Balaban J connectivity index is 2.77. The monoisotopic (exact) mass is 346 g/mol. The molecule has 0 radical (unpaired) electrons. The van der Waals surface area contributed by atoms with Gasteiger partial charge >= 0.3 is 11.9 Å². The number of rotatable bonds is 4. The van der Waals surface area contributed by atoms with Gasteiger partial charge in [-0.1, -0.05) is 29.8 Å². The molecule has 1 heterocycles. The van der Waals surface area contributed by atoms with E-state index in [1.165, 1.54) is 0 Å². The highest BCUT2D eigenvalue weighted by atomic mass is 35.5. The topological polar surface area (TPSA) is 99.4 Å². The lowest BCUT2D eigenvalue weighted by Gasteiger charge is -2.28. The Hall–Kier alpha value is -2.78. The second kappa shape index (κ2) is 7.20. The van der Waals surface area contributed by atoms with Crippen molar-refractivity contribution in [2.75, 3.05) is 6.61 Å². The van der Waals surface area contributed by atoms with E-state index in [0.29, 0.717) is 16.3 Å². The van der Waals surface area contributed by atoms with Crippen LogP contribution in [0.1, 0.15) is 25.3 Å². The van der Waals surface area contributed by atoms with Crippen molar-refractivity contribution in [2.45, 2.75) is 19.8 Å². The van der Waals surface area contributed by atoms with Gasteiger partial charge in [0, 0.05) is 10.7 Å². The number of ether oxygens (including phenoxy) is 1. The highest BCUT2D eigenvalue weighted by molar-refractivity contribution is 6.31. The quantitative estimate of drug-likeness (QED) is 0.813. The number of nitriles is 1. The van der Waals surface area contributed by atoms with E-state index in [2.05, 4.69) is 5.32 Å². The number of dihydropyridines is 1. The summed E-state index contributed by atoms with van der Waals surface area (Å²) in [5.74, 6) is -3.02. The summed E-state index contributed by atoms with van der Waals surface area (Å²) in [6, 6.07) is 8.73. The molecule has 0 spiro atoms. The molecule has 0 amide bonds. The normalized spacial score (nSPS) is 17.2. The predicted molar refractivity (Wildman–Crippen MR) is 86.9 cm³/mol. The largest absolute Gasteiger partial charge is 0.477 e. The maximum Gasteiger partial charge on any atom is 0.352 e. The molecular weight excluding hydrogens is 332 g/mol. The fourth-order valence-electron chi connectivity index (χ4n) is 2.59. The van der Waals surface area contributed by atoms with Crippen molar-refractivity contribution in [3.63, 3.8) is 0 Å². The van der Waals surface area contributed by atoms with Gasteiger partial charge in [0.1, 0.15) is 5.70 Å². The smallest absolute Gasteiger partial charge is 0.352 e. The first-order chi connectivity index (χ1) is 11.4. The molecule has 0 saturated heterocycles. The van der Waals surface area contributed by atoms with Crippen molar-refractivity contribution < 1.29 is 19.4 Å². The van der Waals surface area contributed by atoms with E-state index >= 15 is 0 Å². The third kappa shape index (κ3) is 3.12. The van der Waals surface area contributed by atoms with E-state index in [9.17, 15) is 20.0 Å². The third-order valence-electron chi connectivity index (χ3n) is 3.61. The van der Waals surface area contributed by atoms with Gasteiger partial charge in [-0.15, -0.1) is 0 Å². The fourth-order valence-corrected chi connectivity index (χ4v) is 2.84. The van der Waals surface area contributed by atoms with Gasteiger partial charge in [0.05, 0.1) is 29.7 Å². The SMILES string of the molecule is CCOC(=O)C1=C(C(=O)O)NC(C)=C(C#N)C1c1ccccc1Cl. The Bertz CT molecular complexity index is 805. The van der Waals surface area contributed by atoms with Crippen molar-refractivity contribution in [1.29, 1.82) is 5.26 Å². The molecule has 2 rings (SSSR count). The Morgan fingerprint density at radius 1 is 1.42 bits per heavy atom. The van der Waals surface area contributed by atoms with Gasteiger partial charge in [-0.2, -0.15) is 5.26 Å². The van der Waals surface area contributed by atoms with Crippen LogP contribution in [0.15, 0.2) is 46.8 Å². The number of hydrogen-bond donors (Lipinski definition) is 2. The third-order valence-corrected chi connectivity index (χ3v) is 3.95. The number of esters is 1. The van der Waals surface area contributed by atoms with Crippen LogP contribution >= 0.6 is 11.6 Å². The van der Waals surface area contributed by atoms with E-state index in [1.807, 2.05) is 6.07 Å². The Morgan fingerprint density at radius 2 is 2.08 bits per heavy atom. The highest BCUT2D eigenvalue weighted by Crippen LogP contribution is 2.40. The molecule has 24 heavy (non-hydrogen) atoms. The number of aliphatic carboxylic acids is 1. The van der Waals surface area contributed by atoms with Crippen LogP contribution in [0.5, 0.6) is 0 Å². The average Bonchev–Trinajstić information content (AvgIpc) is 2.54. The summed E-state index contributed by atoms with van der Waals surface area (Å²) >= 11 is 6.23. The van der Waals surface area contributed by atoms with Gasteiger partial charge in [-0.25, -0.2) is 9.59 Å². The summed E-state index contributed by atoms with van der Waals surface area (Å²) in [7, 11) is 0. The lowest BCUT2D eigenvalue weighted by Crippen LogP contribution is -2.33. The molecule has 1 aliphatic rings. The predicted octanol–water partition coefficient (Wildman–Crippen LogP) is 2.73. The Labute approximate surface area is 144 Å². The first-order valence-electron chi connectivity index (χ1n) is 7.19. The van der Waals surface area contributed by atoms with Crippen molar-refractivity contribution in [2.24, 2.45) is 0 Å². The minimum atomic E-state index is -1.31. The van der Waals surface area contributed by atoms with Crippen molar-refractivity contribution in [3.8, 4) is 6.07 Å². The molecule has 0 aromatic heterocycles. The van der Waals surface area contributed by atoms with Crippen molar-refractivity contribution in [1.82, 2.24) is 5.32 Å². The first-order valence-corrected chi connectivity index (χ1v) is 7.57. The molecule has 7 heteroatoms. The van der Waals surface area contributed by atoms with Gasteiger partial charge < -0.3 is 15.2 Å². The maximum atomic E-state index is 12.4. The van der Waals surface area contributed by atoms with E-state index in [4.69, 9.17) is 16.3 Å². The summed E-state index contributed by atoms with van der Waals surface area (Å²) in [6.07, 6.45) is 0. The number of benzene rings is 1. The summed E-state index contributed by atoms with van der Waals surface area (Å²) in [4.78, 5) is 24.0. The lowest BCUT2D eigenvalue weighted by atomic mass is 9.80. The minimum Gasteiger partial charge on any atom is -0.477 e. The van der Waals surface area contributed by atoms with Crippen LogP contribution in [0.2, 0.25) is 5.02 Å². The number of carbonyl (C=O) groups is 2. The minimum absolute atomic E-state index is 0.0784. The van der Waals surface area contributed by atoms with Crippen LogP contribution in [0.3, 0.4) is 0 Å². The molecule has 1 aromatic carbocycles. The molecule has 1 atom stereocenters. The molecular formula is C17H15ClN2O4. The number of hydrogen-bond acceptors (Lipinski definition) is 5. The van der Waals surface area contributed by atoms with Gasteiger partial charge in [-0.3, -0.25) is 0 Å². The zero-order valence-corrected chi connectivity index (χ0v) is 13.8. The molecule has 0 bridgehead atoms. The Kier molecular flexibility index (Phi) is 5.27. The summed E-state index contributed by atoms with van der Waals surface area (Å²) in [5.41, 5.74) is 0.594. The molecule has 1 aliphatic heterocycles. The number of carboxylic acids is 1. The molecule has 0 fully saturated rings. The van der Waals surface area contributed by atoms with E-state index in [1.54, 1.807) is 38.1 Å². The van der Waals surface area contributed by atoms with Gasteiger partial charge in [-0.05, 0) is 25.5 Å². The van der Waals surface area contributed by atoms with Gasteiger partial charge in [0.25, 0.3) is 0 Å². The summed E-state index contributed by atoms with van der Waals surface area (Å²) in [6.45, 7) is 3.27. The molecule has 6 nitrogen and oxygen atoms in total. The summed E-state index contributed by atoms with van der Waals surface area (Å²) < 4.78 is 5.01. The Morgan fingerprint density at radius 3 is 2.62 bits per heavy atom. The number of allylic oxidation sites excluding steroid dienone is 2. The highest BCUT2D eigenvalue weighted by Gasteiger charge is 2.38. The van der Waals surface area contributed by atoms with E-state index in [-0.39, 0.29) is 23.5 Å². The van der Waals surface area contributed by atoms with Gasteiger partial charge in [0.2, 0.25) is 0 Å². The number of nitrogens with zero attached hydrogens (tertiary/aromatic N) is 1. The molecule has 0 aliphatic carbocycles. The van der Waals surface area contributed by atoms with Crippen LogP contribution in [-0.4, -0.2) is 23.7 Å². The van der Waals surface area contributed by atoms with Crippen LogP contribution in [0.25, 0.3) is 0 Å². The fraction of sp³-hybridized carbons (Fsp3) is 0.235. The zero-order valence-electron chi connectivity index (χ0n) is 13.1. The summed E-state index contributed by atoms with van der Waals surface area (Å²) in [5, 5.41) is 21.9. The van der Waals surface area contributed by atoms with E-state index in [0.717, 1.165) is 0 Å². The van der Waals surface area contributed by atoms with Crippen LogP contribution < -0.4 is 5.32 Å². The van der Waals surface area contributed by atoms with Crippen LogP contribution in [-0.2, 0) is 14.3 Å². The van der Waals surface area contributed by atoms with Crippen molar-refractivity contribution >= 4 is 23.5 Å². The number of nitrogens with one attached hydrogen (secondary N) is 1. The number of halogens is 1. The molecule has 124 valence electrons. The zero-order chi connectivity index (χ0) is 17.9. The second-order valence-corrected chi connectivity index (χ2v) is 5.45. The lowest BCUT2D eigenvalue weighted by molar-refractivity contribution is -0.140. The molecule has 0 saturated carbocycles. The number of carboxylic acid groups (broad SMARTS) is 1. The van der Waals surface area contributed by atoms with Gasteiger partial charge in [0.15, 0.2) is 0 Å². The maximum absolute atomic E-state index is 12.4. The molecule has 1 aromatic rings. The van der Waals surface area contributed by atoms with E-state index < -0.39 is 17.9 Å². The second-order valence-electron chi connectivity index (χ2n) is 5.04. The molecule has 2 N–H and O–H groups in total. The average molecular weight is 347 g/mol. The molecule has 1 unspecified atom stereocenters. The van der Waals surface area contributed by atoms with Crippen molar-refractivity contribution in [3.05, 3.63) is 57.4 Å². The number of carbonyl (C=O) groups excluding carboxylic acids is 1. The standard InChI is InChI=1S/C17H15ClN2O4/c1-3-24-17(23)14-13(10-6-4-5-7-12(10)18)11(8-19)9(2)20-15(14)16(21)22/h4-7,13,20H,3H2,1-2H3,(H,21,22). The first kappa shape index (κ1) is 17.6.